The van der Waals surface area contributed by atoms with Crippen LogP contribution in [0.15, 0.2) is 30.5 Å². The first-order valence-electron chi connectivity index (χ1n) is 9.81. The molecule has 2 aromatic heterocycles. The van der Waals surface area contributed by atoms with Gasteiger partial charge in [0.15, 0.2) is 0 Å². The van der Waals surface area contributed by atoms with Crippen molar-refractivity contribution in [2.24, 2.45) is 0 Å². The molecule has 1 saturated carbocycles. The van der Waals surface area contributed by atoms with Gasteiger partial charge in [0.25, 0.3) is 0 Å². The van der Waals surface area contributed by atoms with Crippen molar-refractivity contribution in [2.45, 2.75) is 45.1 Å². The molecule has 26 heavy (non-hydrogen) atoms. The van der Waals surface area contributed by atoms with Crippen LogP contribution in [0.3, 0.4) is 0 Å². The van der Waals surface area contributed by atoms with Crippen LogP contribution in [0.5, 0.6) is 0 Å². The van der Waals surface area contributed by atoms with Crippen LogP contribution in [0, 0.1) is 6.92 Å². The quantitative estimate of drug-likeness (QED) is 0.911. The van der Waals surface area contributed by atoms with Gasteiger partial charge < -0.3 is 15.1 Å². The maximum absolute atomic E-state index is 4.82. The zero-order valence-electron chi connectivity index (χ0n) is 15.6. The van der Waals surface area contributed by atoms with Gasteiger partial charge in [-0.2, -0.15) is 4.98 Å². The van der Waals surface area contributed by atoms with E-state index < -0.39 is 0 Å². The van der Waals surface area contributed by atoms with E-state index in [4.69, 9.17) is 4.98 Å². The third kappa shape index (κ3) is 4.06. The molecule has 1 aliphatic heterocycles. The molecule has 0 radical (unpaired) electrons. The summed E-state index contributed by atoms with van der Waals surface area (Å²) in [6.45, 7) is 5.89. The Balaban J connectivity index is 1.41. The van der Waals surface area contributed by atoms with Gasteiger partial charge in [-0.1, -0.05) is 25.3 Å². The maximum Gasteiger partial charge on any atom is 0.225 e. The highest BCUT2D eigenvalue weighted by molar-refractivity contribution is 5.48. The molecule has 3 heterocycles. The Bertz CT molecular complexity index is 705. The molecule has 0 unspecified atom stereocenters. The minimum Gasteiger partial charge on any atom is -0.353 e. The van der Waals surface area contributed by atoms with Crippen LogP contribution in [-0.4, -0.2) is 47.2 Å². The fourth-order valence-electron chi connectivity index (χ4n) is 3.91. The molecule has 1 saturated heterocycles. The lowest BCUT2D eigenvalue weighted by Crippen LogP contribution is -2.47. The number of nitrogens with zero attached hydrogens (tertiary/aromatic N) is 5. The van der Waals surface area contributed by atoms with E-state index in [1.54, 1.807) is 0 Å². The van der Waals surface area contributed by atoms with E-state index in [1.165, 1.54) is 32.1 Å². The molecule has 1 N–H and O–H groups in total. The summed E-state index contributed by atoms with van der Waals surface area (Å²) in [5.41, 5.74) is 1.03. The minimum atomic E-state index is 0.527. The zero-order chi connectivity index (χ0) is 17.8. The molecule has 0 spiro atoms. The Kier molecular flexibility index (Phi) is 5.18. The molecule has 0 atom stereocenters. The largest absolute Gasteiger partial charge is 0.353 e. The summed E-state index contributed by atoms with van der Waals surface area (Å²) in [4.78, 5) is 18.6. The third-order valence-electron chi connectivity index (χ3n) is 5.36. The number of hydrogen-bond acceptors (Lipinski definition) is 6. The topological polar surface area (TPSA) is 57.2 Å². The van der Waals surface area contributed by atoms with Gasteiger partial charge in [0.05, 0.1) is 0 Å². The van der Waals surface area contributed by atoms with E-state index in [0.717, 1.165) is 49.5 Å². The lowest BCUT2D eigenvalue weighted by molar-refractivity contribution is 0.460. The standard InChI is InChI=1S/C20H28N6/c1-16-15-19(24-20(22-16)23-17-7-3-2-4-8-17)26-13-11-25(12-14-26)18-9-5-6-10-21-18/h5-6,9-10,15,17H,2-4,7-8,11-14H2,1H3,(H,22,23,24). The van der Waals surface area contributed by atoms with E-state index in [0.29, 0.717) is 6.04 Å². The number of nitrogens with one attached hydrogen (secondary N) is 1. The predicted octanol–water partition coefficient (Wildman–Crippen LogP) is 3.25. The Labute approximate surface area is 155 Å². The molecule has 2 aromatic rings. The Morgan fingerprint density at radius 2 is 1.65 bits per heavy atom. The summed E-state index contributed by atoms with van der Waals surface area (Å²) >= 11 is 0. The smallest absolute Gasteiger partial charge is 0.225 e. The van der Waals surface area contributed by atoms with Gasteiger partial charge in [-0.25, -0.2) is 9.97 Å². The van der Waals surface area contributed by atoms with Gasteiger partial charge in [-0.3, -0.25) is 0 Å². The van der Waals surface area contributed by atoms with Crippen LogP contribution in [0.2, 0.25) is 0 Å². The summed E-state index contributed by atoms with van der Waals surface area (Å²) in [6, 6.07) is 8.72. The van der Waals surface area contributed by atoms with E-state index in [-0.39, 0.29) is 0 Å². The van der Waals surface area contributed by atoms with Crippen molar-refractivity contribution in [3.05, 3.63) is 36.2 Å². The van der Waals surface area contributed by atoms with Gasteiger partial charge in [0, 0.05) is 50.2 Å². The molecule has 0 aromatic carbocycles. The summed E-state index contributed by atoms with van der Waals surface area (Å²) < 4.78 is 0. The highest BCUT2D eigenvalue weighted by Crippen LogP contribution is 2.23. The lowest BCUT2D eigenvalue weighted by Gasteiger charge is -2.36. The number of hydrogen-bond donors (Lipinski definition) is 1. The Hall–Kier alpha value is -2.37. The average molecular weight is 352 g/mol. The molecule has 0 bridgehead atoms. The van der Waals surface area contributed by atoms with Crippen LogP contribution in [0.1, 0.15) is 37.8 Å². The third-order valence-corrected chi connectivity index (χ3v) is 5.36. The van der Waals surface area contributed by atoms with E-state index in [2.05, 4.69) is 44.1 Å². The first-order valence-corrected chi connectivity index (χ1v) is 9.81. The monoisotopic (exact) mass is 352 g/mol. The maximum atomic E-state index is 4.82. The van der Waals surface area contributed by atoms with Crippen molar-refractivity contribution in [3.63, 3.8) is 0 Å². The van der Waals surface area contributed by atoms with Crippen molar-refractivity contribution < 1.29 is 0 Å². The normalized spacial score (nSPS) is 18.8. The second-order valence-corrected chi connectivity index (χ2v) is 7.33. The number of pyridine rings is 1. The fourth-order valence-corrected chi connectivity index (χ4v) is 3.91. The molecular weight excluding hydrogens is 324 g/mol. The van der Waals surface area contributed by atoms with Crippen molar-refractivity contribution in [3.8, 4) is 0 Å². The predicted molar refractivity (Wildman–Crippen MR) is 106 cm³/mol. The van der Waals surface area contributed by atoms with Crippen molar-refractivity contribution in [2.75, 3.05) is 41.3 Å². The van der Waals surface area contributed by atoms with Gasteiger partial charge in [0.2, 0.25) is 5.95 Å². The van der Waals surface area contributed by atoms with E-state index in [9.17, 15) is 0 Å². The van der Waals surface area contributed by atoms with Gasteiger partial charge in [-0.15, -0.1) is 0 Å². The molecule has 6 heteroatoms. The van der Waals surface area contributed by atoms with Crippen LogP contribution < -0.4 is 15.1 Å². The molecule has 6 nitrogen and oxygen atoms in total. The molecule has 138 valence electrons. The molecule has 4 rings (SSSR count). The summed E-state index contributed by atoms with van der Waals surface area (Å²) in [5, 5.41) is 3.57. The first kappa shape index (κ1) is 17.1. The number of rotatable bonds is 4. The Morgan fingerprint density at radius 1 is 0.923 bits per heavy atom. The zero-order valence-corrected chi connectivity index (χ0v) is 15.6. The summed E-state index contributed by atoms with van der Waals surface area (Å²) in [7, 11) is 0. The number of aryl methyl sites for hydroxylation is 1. The fraction of sp³-hybridized carbons (Fsp3) is 0.550. The van der Waals surface area contributed by atoms with Gasteiger partial charge in [-0.05, 0) is 31.9 Å². The highest BCUT2D eigenvalue weighted by Gasteiger charge is 2.20. The van der Waals surface area contributed by atoms with Crippen LogP contribution in [-0.2, 0) is 0 Å². The molecule has 1 aliphatic carbocycles. The lowest BCUT2D eigenvalue weighted by atomic mass is 9.96. The van der Waals surface area contributed by atoms with Crippen molar-refractivity contribution in [1.29, 1.82) is 0 Å². The molecule has 0 amide bonds. The average Bonchev–Trinajstić information content (AvgIpc) is 2.69. The summed E-state index contributed by atoms with van der Waals surface area (Å²) in [6.07, 6.45) is 8.31. The first-order chi connectivity index (χ1) is 12.8. The molecular formula is C20H28N6. The van der Waals surface area contributed by atoms with E-state index >= 15 is 0 Å². The van der Waals surface area contributed by atoms with Gasteiger partial charge >= 0.3 is 0 Å². The molecule has 2 fully saturated rings. The number of piperazine rings is 1. The van der Waals surface area contributed by atoms with Crippen LogP contribution >= 0.6 is 0 Å². The Morgan fingerprint density at radius 3 is 2.35 bits per heavy atom. The summed E-state index contributed by atoms with van der Waals surface area (Å²) in [5.74, 6) is 2.89. The van der Waals surface area contributed by atoms with Crippen LogP contribution in [0.25, 0.3) is 0 Å². The number of anilines is 3. The van der Waals surface area contributed by atoms with E-state index in [1.807, 2.05) is 18.3 Å². The minimum absolute atomic E-state index is 0.527. The number of aromatic nitrogens is 3. The van der Waals surface area contributed by atoms with Crippen molar-refractivity contribution in [1.82, 2.24) is 15.0 Å². The molecule has 2 aliphatic rings. The SMILES string of the molecule is Cc1cc(N2CCN(c3ccccn3)CC2)nc(NC2CCCCC2)n1. The second kappa shape index (κ2) is 7.89. The van der Waals surface area contributed by atoms with Crippen molar-refractivity contribution >= 4 is 17.6 Å². The van der Waals surface area contributed by atoms with Crippen LogP contribution in [0.4, 0.5) is 17.6 Å². The highest BCUT2D eigenvalue weighted by atomic mass is 15.3. The second-order valence-electron chi connectivity index (χ2n) is 7.33. The van der Waals surface area contributed by atoms with Gasteiger partial charge in [0.1, 0.15) is 11.6 Å².